The van der Waals surface area contributed by atoms with Crippen molar-refractivity contribution >= 4 is 74.4 Å². The lowest BCUT2D eigenvalue weighted by Gasteiger charge is -2.37. The zero-order chi connectivity index (χ0) is 27.8. The number of anilines is 2. The van der Waals surface area contributed by atoms with Gasteiger partial charge in [0.25, 0.3) is 0 Å². The van der Waals surface area contributed by atoms with Crippen molar-refractivity contribution in [1.82, 2.24) is 9.80 Å². The van der Waals surface area contributed by atoms with E-state index in [9.17, 15) is 0 Å². The number of hydrogen-bond acceptors (Lipinski definition) is 6. The van der Waals surface area contributed by atoms with Crippen LogP contribution >= 0.6 is 22.7 Å². The molecule has 0 amide bonds. The standard InChI is InChI=1S/C35H32N4S2/c1-22-13-14-28-26-9-5-8-12-32(26)41-35(28)34(22)39-18-16-37(25(39)4)21-36-15-17-38(24(36)3)30-20-29-27-10-6-7-11-31(27)40-33(29)19-23(30)2/h5-20,24-25H,21H2,1-4H3/t24-,25+/m0/s1. The zero-order valence-electron chi connectivity index (χ0n) is 23.7. The molecule has 0 N–H and O–H groups in total. The van der Waals surface area contributed by atoms with Crippen LogP contribution in [-0.2, 0) is 0 Å². The Morgan fingerprint density at radius 3 is 1.98 bits per heavy atom. The summed E-state index contributed by atoms with van der Waals surface area (Å²) in [5.74, 6) is 0. The molecule has 2 aromatic heterocycles. The molecule has 0 saturated carbocycles. The van der Waals surface area contributed by atoms with Crippen molar-refractivity contribution in [3.63, 3.8) is 0 Å². The molecule has 2 atom stereocenters. The number of hydrogen-bond donors (Lipinski definition) is 0. The van der Waals surface area contributed by atoms with E-state index < -0.39 is 0 Å². The molecular formula is C35H32N4S2. The highest BCUT2D eigenvalue weighted by Gasteiger charge is 2.31. The van der Waals surface area contributed by atoms with Gasteiger partial charge in [0, 0.05) is 66.1 Å². The smallest absolute Gasteiger partial charge is 0.104 e. The van der Waals surface area contributed by atoms with Crippen LogP contribution < -0.4 is 9.80 Å². The van der Waals surface area contributed by atoms with E-state index in [1.54, 1.807) is 0 Å². The van der Waals surface area contributed by atoms with E-state index in [2.05, 4.69) is 145 Å². The average Bonchev–Trinajstić information content (AvgIpc) is 3.72. The van der Waals surface area contributed by atoms with Crippen LogP contribution in [-0.4, -0.2) is 28.8 Å². The average molecular weight is 573 g/mol. The highest BCUT2D eigenvalue weighted by atomic mass is 32.1. The summed E-state index contributed by atoms with van der Waals surface area (Å²) in [5.41, 5.74) is 5.24. The van der Waals surface area contributed by atoms with Gasteiger partial charge in [0.15, 0.2) is 0 Å². The van der Waals surface area contributed by atoms with Gasteiger partial charge in [0.1, 0.15) is 12.3 Å². The zero-order valence-corrected chi connectivity index (χ0v) is 25.3. The fraction of sp³-hybridized carbons (Fsp3) is 0.200. The molecule has 41 heavy (non-hydrogen) atoms. The summed E-state index contributed by atoms with van der Waals surface area (Å²) in [5, 5.41) is 5.40. The second kappa shape index (κ2) is 9.26. The molecule has 0 bridgehead atoms. The molecule has 4 nitrogen and oxygen atoms in total. The van der Waals surface area contributed by atoms with Gasteiger partial charge in [-0.05, 0) is 63.1 Å². The minimum atomic E-state index is 0.217. The Labute approximate surface area is 248 Å². The number of nitrogens with zero attached hydrogens (tertiary/aromatic N) is 4. The first-order chi connectivity index (χ1) is 20.0. The van der Waals surface area contributed by atoms with Gasteiger partial charge in [-0.15, -0.1) is 22.7 Å². The van der Waals surface area contributed by atoms with Crippen molar-refractivity contribution in [2.75, 3.05) is 16.5 Å². The Kier molecular flexibility index (Phi) is 5.60. The lowest BCUT2D eigenvalue weighted by molar-refractivity contribution is 0.176. The van der Waals surface area contributed by atoms with Gasteiger partial charge in [-0.2, -0.15) is 0 Å². The molecule has 0 spiro atoms. The van der Waals surface area contributed by atoms with Gasteiger partial charge in [-0.1, -0.05) is 48.5 Å². The van der Waals surface area contributed by atoms with Crippen molar-refractivity contribution in [3.05, 3.63) is 109 Å². The molecule has 6 heteroatoms. The fourth-order valence-corrected chi connectivity index (χ4v) is 9.02. The van der Waals surface area contributed by atoms with Crippen LogP contribution in [0.1, 0.15) is 25.0 Å². The summed E-state index contributed by atoms with van der Waals surface area (Å²) in [7, 11) is 0. The molecule has 8 rings (SSSR count). The van der Waals surface area contributed by atoms with E-state index in [1.165, 1.54) is 62.8 Å². The van der Waals surface area contributed by atoms with Crippen molar-refractivity contribution < 1.29 is 0 Å². The summed E-state index contributed by atoms with van der Waals surface area (Å²) >= 11 is 3.79. The number of thiophene rings is 2. The first-order valence-corrected chi connectivity index (χ1v) is 15.9. The van der Waals surface area contributed by atoms with Crippen molar-refractivity contribution in [2.45, 2.75) is 40.0 Å². The van der Waals surface area contributed by atoms with E-state index in [0.717, 1.165) is 6.67 Å². The predicted octanol–water partition coefficient (Wildman–Crippen LogP) is 9.58. The van der Waals surface area contributed by atoms with E-state index in [1.807, 2.05) is 22.7 Å². The maximum absolute atomic E-state index is 2.45. The Bertz CT molecular complexity index is 2030. The third kappa shape index (κ3) is 3.77. The Morgan fingerprint density at radius 2 is 1.22 bits per heavy atom. The van der Waals surface area contributed by atoms with Crippen LogP contribution in [0.4, 0.5) is 11.4 Å². The topological polar surface area (TPSA) is 13.0 Å². The first kappa shape index (κ1) is 24.8. The highest BCUT2D eigenvalue weighted by Crippen LogP contribution is 2.43. The largest absolute Gasteiger partial charge is 0.338 e. The predicted molar refractivity (Wildman–Crippen MR) is 179 cm³/mol. The molecule has 4 heterocycles. The van der Waals surface area contributed by atoms with Gasteiger partial charge in [-0.3, -0.25) is 0 Å². The summed E-state index contributed by atoms with van der Waals surface area (Å²) in [4.78, 5) is 9.76. The third-order valence-corrected chi connectivity index (χ3v) is 11.2. The summed E-state index contributed by atoms with van der Waals surface area (Å²) in [6.45, 7) is 9.92. The number of rotatable bonds is 4. The molecule has 6 aromatic rings. The van der Waals surface area contributed by atoms with Gasteiger partial charge in [0.05, 0.1) is 17.1 Å². The summed E-state index contributed by atoms with van der Waals surface area (Å²) in [6.07, 6.45) is 9.46. The maximum atomic E-state index is 2.45. The fourth-order valence-electron chi connectivity index (χ4n) is 6.53. The molecule has 0 aliphatic carbocycles. The summed E-state index contributed by atoms with van der Waals surface area (Å²) in [6, 6.07) is 26.8. The minimum Gasteiger partial charge on any atom is -0.338 e. The van der Waals surface area contributed by atoms with Crippen LogP contribution in [0, 0.1) is 13.8 Å². The van der Waals surface area contributed by atoms with Crippen LogP contribution in [0.25, 0.3) is 40.3 Å². The minimum absolute atomic E-state index is 0.217. The normalized spacial score (nSPS) is 18.9. The molecule has 204 valence electrons. The molecule has 0 fully saturated rings. The molecule has 0 radical (unpaired) electrons. The Hall–Kier alpha value is -4.00. The SMILES string of the molecule is Cc1cc2sc3ccccc3c2cc1N1C=CN(CN2C=CN(c3c(C)ccc4c3sc3ccccc34)[C@@H]2C)[C@@H]1C. The quantitative estimate of drug-likeness (QED) is 0.208. The van der Waals surface area contributed by atoms with Crippen molar-refractivity contribution in [1.29, 1.82) is 0 Å². The van der Waals surface area contributed by atoms with Crippen LogP contribution in [0.15, 0.2) is 97.6 Å². The lowest BCUT2D eigenvalue weighted by Crippen LogP contribution is -2.45. The Balaban J connectivity index is 1.06. The van der Waals surface area contributed by atoms with Gasteiger partial charge in [0.2, 0.25) is 0 Å². The lowest BCUT2D eigenvalue weighted by atomic mass is 10.1. The van der Waals surface area contributed by atoms with Gasteiger partial charge < -0.3 is 19.6 Å². The molecule has 2 aliphatic heterocycles. The van der Waals surface area contributed by atoms with E-state index in [-0.39, 0.29) is 12.3 Å². The van der Waals surface area contributed by atoms with Gasteiger partial charge >= 0.3 is 0 Å². The molecule has 0 unspecified atom stereocenters. The monoisotopic (exact) mass is 572 g/mol. The van der Waals surface area contributed by atoms with Crippen molar-refractivity contribution in [2.24, 2.45) is 0 Å². The number of benzene rings is 4. The number of aryl methyl sites for hydroxylation is 2. The molecule has 4 aromatic carbocycles. The van der Waals surface area contributed by atoms with Crippen LogP contribution in [0.5, 0.6) is 0 Å². The molecule has 0 saturated heterocycles. The second-order valence-electron chi connectivity index (χ2n) is 11.3. The van der Waals surface area contributed by atoms with E-state index in [4.69, 9.17) is 0 Å². The first-order valence-electron chi connectivity index (χ1n) is 14.3. The Morgan fingerprint density at radius 1 is 0.585 bits per heavy atom. The van der Waals surface area contributed by atoms with Crippen LogP contribution in [0.3, 0.4) is 0 Å². The third-order valence-electron chi connectivity index (χ3n) is 8.88. The second-order valence-corrected chi connectivity index (χ2v) is 13.4. The summed E-state index contributed by atoms with van der Waals surface area (Å²) < 4.78 is 5.44. The maximum Gasteiger partial charge on any atom is 0.104 e. The number of fused-ring (bicyclic) bond motifs is 6. The molecular weight excluding hydrogens is 541 g/mol. The van der Waals surface area contributed by atoms with Gasteiger partial charge in [-0.25, -0.2) is 0 Å². The van der Waals surface area contributed by atoms with Crippen molar-refractivity contribution in [3.8, 4) is 0 Å². The van der Waals surface area contributed by atoms with E-state index >= 15 is 0 Å². The highest BCUT2D eigenvalue weighted by molar-refractivity contribution is 7.26. The molecule has 2 aliphatic rings. The van der Waals surface area contributed by atoms with Crippen LogP contribution in [0.2, 0.25) is 0 Å². The van der Waals surface area contributed by atoms with E-state index in [0.29, 0.717) is 0 Å².